The summed E-state index contributed by atoms with van der Waals surface area (Å²) in [5.74, 6) is -0.354. The molecule has 2 aromatic heterocycles. The second-order valence-electron chi connectivity index (χ2n) is 2.95. The van der Waals surface area contributed by atoms with Crippen LogP contribution < -0.4 is 0 Å². The lowest BCUT2D eigenvalue weighted by atomic mass is 10.4. The number of fused-ring (bicyclic) bond motifs is 1. The van der Waals surface area contributed by atoms with Gasteiger partial charge in [-0.05, 0) is 29.8 Å². The third-order valence-corrected chi connectivity index (χ3v) is 3.54. The van der Waals surface area contributed by atoms with Crippen LogP contribution >= 0.6 is 27.3 Å². The minimum absolute atomic E-state index is 0.354. The monoisotopic (exact) mass is 288 g/mol. The van der Waals surface area contributed by atoms with Crippen LogP contribution in [0.25, 0.3) is 10.3 Å². The van der Waals surface area contributed by atoms with Crippen molar-refractivity contribution >= 4 is 43.6 Å². The molecule has 0 atom stereocenters. The van der Waals surface area contributed by atoms with Crippen molar-refractivity contribution in [1.29, 1.82) is 0 Å². The van der Waals surface area contributed by atoms with Crippen molar-refractivity contribution in [3.63, 3.8) is 0 Å². The first-order chi connectivity index (χ1) is 7.13. The molecule has 0 aliphatic rings. The number of carbonyl (C=O) groups excluding carboxylic acids is 1. The van der Waals surface area contributed by atoms with Gasteiger partial charge in [-0.15, -0.1) is 11.3 Å². The molecule has 0 saturated heterocycles. The van der Waals surface area contributed by atoms with Gasteiger partial charge in [0.25, 0.3) is 0 Å². The Hall–Kier alpha value is -0.880. The fourth-order valence-electron chi connectivity index (χ4n) is 1.29. The summed E-state index contributed by atoms with van der Waals surface area (Å²) in [4.78, 5) is 19.7. The Morgan fingerprint density at radius 3 is 3.00 bits per heavy atom. The van der Waals surface area contributed by atoms with Crippen LogP contribution in [0.4, 0.5) is 0 Å². The fraction of sp³-hybridized carbons (Fsp3) is 0.333. The molecular weight excluding hydrogens is 280 g/mol. The topological polar surface area (TPSA) is 55.0 Å². The fourth-order valence-corrected chi connectivity index (χ4v) is 2.80. The van der Waals surface area contributed by atoms with Gasteiger partial charge in [0.1, 0.15) is 16.0 Å². The van der Waals surface area contributed by atoms with E-state index in [1.807, 2.05) is 6.92 Å². The predicted molar refractivity (Wildman–Crippen MR) is 62.4 cm³/mol. The van der Waals surface area contributed by atoms with E-state index in [9.17, 15) is 4.79 Å². The van der Waals surface area contributed by atoms with E-state index in [4.69, 9.17) is 4.74 Å². The molecule has 2 heterocycles. The molecule has 4 nitrogen and oxygen atoms in total. The first-order valence-corrected chi connectivity index (χ1v) is 6.06. The molecule has 2 aromatic rings. The number of thiazole rings is 1. The number of aryl methyl sites for hydroxylation is 1. The van der Waals surface area contributed by atoms with Gasteiger partial charge in [-0.2, -0.15) is 0 Å². The largest absolute Gasteiger partial charge is 0.461 e. The summed E-state index contributed by atoms with van der Waals surface area (Å²) in [7, 11) is 0. The van der Waals surface area contributed by atoms with Crippen molar-refractivity contribution in [2.75, 3.05) is 6.61 Å². The van der Waals surface area contributed by atoms with E-state index in [0.717, 1.165) is 15.4 Å². The molecule has 0 unspecified atom stereocenters. The zero-order valence-corrected chi connectivity index (χ0v) is 10.7. The molecule has 0 aromatic carbocycles. The van der Waals surface area contributed by atoms with Gasteiger partial charge in [-0.25, -0.2) is 9.78 Å². The normalized spacial score (nSPS) is 10.9. The Balaban J connectivity index is 2.49. The van der Waals surface area contributed by atoms with E-state index in [-0.39, 0.29) is 5.97 Å². The number of carbonyl (C=O) groups is 1. The number of ether oxygens (including phenoxy) is 1. The van der Waals surface area contributed by atoms with Gasteiger partial charge in [0.15, 0.2) is 0 Å². The smallest absolute Gasteiger partial charge is 0.356 e. The number of hydrogen-bond donors (Lipinski definition) is 1. The maximum absolute atomic E-state index is 11.5. The minimum atomic E-state index is -0.354. The number of esters is 1. The van der Waals surface area contributed by atoms with Crippen LogP contribution in [-0.4, -0.2) is 22.5 Å². The Kier molecular flexibility index (Phi) is 2.79. The first-order valence-electron chi connectivity index (χ1n) is 4.45. The van der Waals surface area contributed by atoms with E-state index in [0.29, 0.717) is 16.8 Å². The van der Waals surface area contributed by atoms with Crippen molar-refractivity contribution < 1.29 is 9.53 Å². The maximum atomic E-state index is 11.5. The number of halogens is 1. The Labute approximate surface area is 98.8 Å². The molecule has 0 aliphatic carbocycles. The van der Waals surface area contributed by atoms with E-state index in [1.54, 1.807) is 6.92 Å². The number of rotatable bonds is 2. The van der Waals surface area contributed by atoms with Crippen LogP contribution in [0.3, 0.4) is 0 Å². The number of aromatic nitrogens is 2. The Morgan fingerprint density at radius 2 is 2.40 bits per heavy atom. The van der Waals surface area contributed by atoms with Crippen molar-refractivity contribution in [3.8, 4) is 0 Å². The Morgan fingerprint density at radius 1 is 1.67 bits per heavy atom. The molecule has 0 amide bonds. The summed E-state index contributed by atoms with van der Waals surface area (Å²) in [6, 6.07) is 0. The van der Waals surface area contributed by atoms with Gasteiger partial charge in [-0.1, -0.05) is 0 Å². The van der Waals surface area contributed by atoms with Gasteiger partial charge >= 0.3 is 5.97 Å². The second-order valence-corrected chi connectivity index (χ2v) is 4.94. The van der Waals surface area contributed by atoms with Crippen LogP contribution in [0.15, 0.2) is 4.47 Å². The summed E-state index contributed by atoms with van der Waals surface area (Å²) in [6.45, 7) is 4.07. The maximum Gasteiger partial charge on any atom is 0.356 e. The molecule has 0 saturated carbocycles. The van der Waals surface area contributed by atoms with Crippen molar-refractivity contribution in [2.45, 2.75) is 13.8 Å². The summed E-state index contributed by atoms with van der Waals surface area (Å²) >= 11 is 4.87. The highest BCUT2D eigenvalue weighted by molar-refractivity contribution is 9.10. The van der Waals surface area contributed by atoms with Crippen LogP contribution in [0, 0.1) is 6.92 Å². The number of aromatic amines is 1. The molecule has 0 spiro atoms. The Bertz CT molecular complexity index is 517. The van der Waals surface area contributed by atoms with Crippen LogP contribution in [0.5, 0.6) is 0 Å². The van der Waals surface area contributed by atoms with Gasteiger partial charge in [0, 0.05) is 0 Å². The van der Waals surface area contributed by atoms with Crippen LogP contribution in [0.1, 0.15) is 22.4 Å². The minimum Gasteiger partial charge on any atom is -0.461 e. The SMILES string of the molecule is CCOC(=O)c1[nH]c2sc(C)nc2c1Br. The lowest BCUT2D eigenvalue weighted by Gasteiger charge is -1.98. The first kappa shape index (κ1) is 10.6. The molecule has 0 bridgehead atoms. The highest BCUT2D eigenvalue weighted by atomic mass is 79.9. The number of hydrogen-bond acceptors (Lipinski definition) is 4. The van der Waals surface area contributed by atoms with E-state index in [2.05, 4.69) is 25.9 Å². The van der Waals surface area contributed by atoms with Crippen LogP contribution in [-0.2, 0) is 4.74 Å². The highest BCUT2D eigenvalue weighted by Crippen LogP contribution is 2.31. The van der Waals surface area contributed by atoms with Gasteiger partial charge in [-0.3, -0.25) is 0 Å². The van der Waals surface area contributed by atoms with Crippen molar-refractivity contribution in [2.24, 2.45) is 0 Å². The second kappa shape index (κ2) is 3.94. The number of H-pyrrole nitrogens is 1. The quantitative estimate of drug-likeness (QED) is 0.865. The lowest BCUT2D eigenvalue weighted by Crippen LogP contribution is -2.05. The molecule has 2 rings (SSSR count). The molecule has 0 radical (unpaired) electrons. The van der Waals surface area contributed by atoms with Crippen molar-refractivity contribution in [3.05, 3.63) is 15.2 Å². The zero-order valence-electron chi connectivity index (χ0n) is 8.26. The summed E-state index contributed by atoms with van der Waals surface area (Å²) < 4.78 is 5.60. The van der Waals surface area contributed by atoms with Gasteiger partial charge in [0.2, 0.25) is 0 Å². The molecule has 0 aliphatic heterocycles. The van der Waals surface area contributed by atoms with Crippen LogP contribution in [0.2, 0.25) is 0 Å². The third kappa shape index (κ3) is 1.79. The van der Waals surface area contributed by atoms with Crippen molar-refractivity contribution in [1.82, 2.24) is 9.97 Å². The predicted octanol–water partition coefficient (Wildman–Crippen LogP) is 2.87. The molecule has 15 heavy (non-hydrogen) atoms. The summed E-state index contributed by atoms with van der Waals surface area (Å²) in [5, 5.41) is 0.965. The standard InChI is InChI=1S/C9H9BrN2O2S/c1-3-14-9(13)7-5(10)6-8(12-7)15-4(2)11-6/h12H,3H2,1-2H3. The van der Waals surface area contributed by atoms with Gasteiger partial charge < -0.3 is 9.72 Å². The zero-order chi connectivity index (χ0) is 11.0. The lowest BCUT2D eigenvalue weighted by molar-refractivity contribution is 0.0519. The molecular formula is C9H9BrN2O2S. The molecule has 0 fully saturated rings. The van der Waals surface area contributed by atoms with E-state index < -0.39 is 0 Å². The highest BCUT2D eigenvalue weighted by Gasteiger charge is 2.19. The average molecular weight is 289 g/mol. The number of nitrogens with zero attached hydrogens (tertiary/aromatic N) is 1. The molecule has 1 N–H and O–H groups in total. The summed E-state index contributed by atoms with van der Waals surface area (Å²) in [6.07, 6.45) is 0. The summed E-state index contributed by atoms with van der Waals surface area (Å²) in [5.41, 5.74) is 1.23. The van der Waals surface area contributed by atoms with E-state index >= 15 is 0 Å². The van der Waals surface area contributed by atoms with E-state index in [1.165, 1.54) is 11.3 Å². The average Bonchev–Trinajstić information content (AvgIpc) is 2.66. The molecule has 6 heteroatoms. The number of nitrogens with one attached hydrogen (secondary N) is 1. The third-order valence-electron chi connectivity index (χ3n) is 1.88. The molecule has 80 valence electrons. The van der Waals surface area contributed by atoms with Gasteiger partial charge in [0.05, 0.1) is 16.1 Å².